The number of hydrogen-bond donors (Lipinski definition) is 1. The van der Waals surface area contributed by atoms with Gasteiger partial charge in [-0.05, 0) is 50.3 Å². The zero-order valence-corrected chi connectivity index (χ0v) is 13.6. The van der Waals surface area contributed by atoms with Crippen molar-refractivity contribution in [3.63, 3.8) is 0 Å². The van der Waals surface area contributed by atoms with Gasteiger partial charge >= 0.3 is 0 Å². The molecule has 0 aromatic heterocycles. The largest absolute Gasteiger partial charge is 0.492 e. The molecular weight excluding hydrogens is 276 g/mol. The molecule has 2 heterocycles. The van der Waals surface area contributed by atoms with E-state index in [0.717, 1.165) is 38.5 Å². The van der Waals surface area contributed by atoms with Crippen LogP contribution in [0.15, 0.2) is 18.2 Å². The van der Waals surface area contributed by atoms with E-state index in [1.807, 2.05) is 0 Å². The van der Waals surface area contributed by atoms with E-state index in [9.17, 15) is 0 Å². The van der Waals surface area contributed by atoms with Gasteiger partial charge in [0.1, 0.15) is 5.75 Å². The molecule has 0 bridgehead atoms. The Morgan fingerprint density at radius 2 is 2.14 bits per heavy atom. The van der Waals surface area contributed by atoms with Crippen molar-refractivity contribution in [2.45, 2.75) is 45.3 Å². The number of benzene rings is 1. The number of ether oxygens (including phenoxy) is 2. The number of rotatable bonds is 7. The van der Waals surface area contributed by atoms with Gasteiger partial charge in [-0.25, -0.2) is 0 Å². The first kappa shape index (κ1) is 15.6. The zero-order chi connectivity index (χ0) is 15.2. The van der Waals surface area contributed by atoms with Crippen LogP contribution in [-0.2, 0) is 11.3 Å². The lowest BCUT2D eigenvalue weighted by atomic mass is 10.1. The topological polar surface area (TPSA) is 33.7 Å². The quantitative estimate of drug-likeness (QED) is 0.840. The van der Waals surface area contributed by atoms with Gasteiger partial charge in [0.05, 0.1) is 18.4 Å². The fourth-order valence-corrected chi connectivity index (χ4v) is 3.34. The van der Waals surface area contributed by atoms with Crippen LogP contribution >= 0.6 is 0 Å². The van der Waals surface area contributed by atoms with E-state index in [4.69, 9.17) is 9.47 Å². The molecule has 22 heavy (non-hydrogen) atoms. The van der Waals surface area contributed by atoms with E-state index in [1.54, 1.807) is 0 Å². The van der Waals surface area contributed by atoms with Crippen LogP contribution < -0.4 is 15.0 Å². The van der Waals surface area contributed by atoms with E-state index in [-0.39, 0.29) is 0 Å². The summed E-state index contributed by atoms with van der Waals surface area (Å²) in [5, 5.41) is 3.51. The van der Waals surface area contributed by atoms with Crippen LogP contribution in [0.3, 0.4) is 0 Å². The smallest absolute Gasteiger partial charge is 0.142 e. The lowest BCUT2D eigenvalue weighted by Gasteiger charge is -2.22. The molecule has 0 aliphatic carbocycles. The SMILES string of the molecule is CCOc1cc(CNCC2CCCO2)ccc1N1CCCC1. The van der Waals surface area contributed by atoms with Gasteiger partial charge in [-0.15, -0.1) is 0 Å². The van der Waals surface area contributed by atoms with E-state index in [2.05, 4.69) is 35.3 Å². The molecule has 0 spiro atoms. The Balaban J connectivity index is 1.60. The fraction of sp³-hybridized carbons (Fsp3) is 0.667. The summed E-state index contributed by atoms with van der Waals surface area (Å²) in [5.74, 6) is 1.03. The maximum Gasteiger partial charge on any atom is 0.142 e. The molecule has 1 aromatic carbocycles. The van der Waals surface area contributed by atoms with Gasteiger partial charge in [-0.2, -0.15) is 0 Å². The third kappa shape index (κ3) is 3.93. The van der Waals surface area contributed by atoms with Gasteiger partial charge in [0.15, 0.2) is 0 Å². The molecule has 0 radical (unpaired) electrons. The Morgan fingerprint density at radius 1 is 1.27 bits per heavy atom. The molecule has 0 amide bonds. The molecule has 2 fully saturated rings. The monoisotopic (exact) mass is 304 g/mol. The molecule has 122 valence electrons. The van der Waals surface area contributed by atoms with Gasteiger partial charge in [-0.3, -0.25) is 0 Å². The van der Waals surface area contributed by atoms with Gasteiger partial charge in [0, 0.05) is 32.8 Å². The predicted molar refractivity (Wildman–Crippen MR) is 89.7 cm³/mol. The summed E-state index contributed by atoms with van der Waals surface area (Å²) < 4.78 is 11.5. The Morgan fingerprint density at radius 3 is 2.86 bits per heavy atom. The van der Waals surface area contributed by atoms with E-state index in [0.29, 0.717) is 12.7 Å². The summed E-state index contributed by atoms with van der Waals surface area (Å²) in [4.78, 5) is 2.44. The van der Waals surface area contributed by atoms with E-state index >= 15 is 0 Å². The van der Waals surface area contributed by atoms with Crippen LogP contribution in [0.2, 0.25) is 0 Å². The van der Waals surface area contributed by atoms with Crippen LogP contribution in [-0.4, -0.2) is 39.0 Å². The fourth-order valence-electron chi connectivity index (χ4n) is 3.34. The van der Waals surface area contributed by atoms with Gasteiger partial charge in [-0.1, -0.05) is 6.07 Å². The Hall–Kier alpha value is -1.26. The van der Waals surface area contributed by atoms with Crippen molar-refractivity contribution >= 4 is 5.69 Å². The highest BCUT2D eigenvalue weighted by atomic mass is 16.5. The average molecular weight is 304 g/mol. The minimum atomic E-state index is 0.398. The molecule has 4 nitrogen and oxygen atoms in total. The van der Waals surface area contributed by atoms with E-state index < -0.39 is 0 Å². The molecule has 0 saturated carbocycles. The Labute approximate surface area is 133 Å². The first-order chi connectivity index (χ1) is 10.9. The van der Waals surface area contributed by atoms with Crippen molar-refractivity contribution in [2.75, 3.05) is 37.7 Å². The third-order valence-electron chi connectivity index (χ3n) is 4.50. The molecule has 2 aliphatic rings. The van der Waals surface area contributed by atoms with Crippen molar-refractivity contribution in [1.82, 2.24) is 5.32 Å². The molecule has 1 unspecified atom stereocenters. The molecule has 1 N–H and O–H groups in total. The highest BCUT2D eigenvalue weighted by molar-refractivity contribution is 5.60. The van der Waals surface area contributed by atoms with Crippen LogP contribution in [0.4, 0.5) is 5.69 Å². The molecule has 3 rings (SSSR count). The molecule has 1 atom stereocenters. The summed E-state index contributed by atoms with van der Waals surface area (Å²) in [6.45, 7) is 7.81. The molecule has 2 saturated heterocycles. The first-order valence-electron chi connectivity index (χ1n) is 8.70. The number of anilines is 1. The summed E-state index contributed by atoms with van der Waals surface area (Å²) in [7, 11) is 0. The molecular formula is C18H28N2O2. The van der Waals surface area contributed by atoms with Crippen LogP contribution in [0.25, 0.3) is 0 Å². The standard InChI is InChI=1S/C18H28N2O2/c1-2-21-18-12-15(13-19-14-16-6-5-11-22-16)7-8-17(18)20-9-3-4-10-20/h7-8,12,16,19H,2-6,9-11,13-14H2,1H3. The lowest BCUT2D eigenvalue weighted by molar-refractivity contribution is 0.110. The van der Waals surface area contributed by atoms with Gasteiger partial charge < -0.3 is 19.7 Å². The van der Waals surface area contributed by atoms with E-state index in [1.165, 1.54) is 36.9 Å². The van der Waals surface area contributed by atoms with Crippen molar-refractivity contribution in [1.29, 1.82) is 0 Å². The maximum absolute atomic E-state index is 5.88. The molecule has 2 aliphatic heterocycles. The van der Waals surface area contributed by atoms with Gasteiger partial charge in [0.2, 0.25) is 0 Å². The van der Waals surface area contributed by atoms with Crippen molar-refractivity contribution in [2.24, 2.45) is 0 Å². The second-order valence-corrected chi connectivity index (χ2v) is 6.20. The second-order valence-electron chi connectivity index (χ2n) is 6.20. The van der Waals surface area contributed by atoms with Crippen molar-refractivity contribution in [3.8, 4) is 5.75 Å². The summed E-state index contributed by atoms with van der Waals surface area (Å²) >= 11 is 0. The van der Waals surface area contributed by atoms with Crippen LogP contribution in [0.5, 0.6) is 5.75 Å². The zero-order valence-electron chi connectivity index (χ0n) is 13.6. The van der Waals surface area contributed by atoms with Crippen molar-refractivity contribution in [3.05, 3.63) is 23.8 Å². The van der Waals surface area contributed by atoms with Crippen LogP contribution in [0.1, 0.15) is 38.2 Å². The average Bonchev–Trinajstić information content (AvgIpc) is 3.21. The highest BCUT2D eigenvalue weighted by Crippen LogP contribution is 2.32. The first-order valence-corrected chi connectivity index (χ1v) is 8.70. The molecule has 1 aromatic rings. The van der Waals surface area contributed by atoms with Crippen LogP contribution in [0, 0.1) is 0 Å². The highest BCUT2D eigenvalue weighted by Gasteiger charge is 2.17. The van der Waals surface area contributed by atoms with Gasteiger partial charge in [0.25, 0.3) is 0 Å². The number of hydrogen-bond acceptors (Lipinski definition) is 4. The maximum atomic E-state index is 5.88. The summed E-state index contributed by atoms with van der Waals surface area (Å²) in [6.07, 6.45) is 5.36. The predicted octanol–water partition coefficient (Wildman–Crippen LogP) is 2.95. The van der Waals surface area contributed by atoms with Crippen molar-refractivity contribution < 1.29 is 9.47 Å². The summed E-state index contributed by atoms with van der Waals surface area (Å²) in [5.41, 5.74) is 2.53. The summed E-state index contributed by atoms with van der Waals surface area (Å²) in [6, 6.07) is 6.64. The lowest BCUT2D eigenvalue weighted by Crippen LogP contribution is -2.26. The Kier molecular flexibility index (Phi) is 5.57. The minimum Gasteiger partial charge on any atom is -0.492 e. The normalized spacial score (nSPS) is 21.5. The number of nitrogens with zero attached hydrogens (tertiary/aromatic N) is 1. The second kappa shape index (κ2) is 7.84. The third-order valence-corrected chi connectivity index (χ3v) is 4.50. The minimum absolute atomic E-state index is 0.398. The number of nitrogens with one attached hydrogen (secondary N) is 1. The molecule has 4 heteroatoms. The Bertz CT molecular complexity index is 466.